The molecular weight excluding hydrogens is 282 g/mol. The SMILES string of the molecule is O=[N+]([O-])c1cccc(-c2ccccc2)c1CBr. The van der Waals surface area contributed by atoms with Gasteiger partial charge in [0.1, 0.15) is 0 Å². The first-order valence-corrected chi connectivity index (χ1v) is 6.24. The Balaban J connectivity index is 2.63. The van der Waals surface area contributed by atoms with Crippen molar-refractivity contribution in [3.05, 3.63) is 64.2 Å². The molecule has 0 aliphatic heterocycles. The number of halogens is 1. The van der Waals surface area contributed by atoms with Crippen LogP contribution in [0.15, 0.2) is 48.5 Å². The molecule has 0 unspecified atom stereocenters. The Hall–Kier alpha value is -1.68. The molecule has 0 aromatic heterocycles. The van der Waals surface area contributed by atoms with Gasteiger partial charge < -0.3 is 0 Å². The van der Waals surface area contributed by atoms with Gasteiger partial charge in [-0.3, -0.25) is 10.1 Å². The molecule has 17 heavy (non-hydrogen) atoms. The number of hydrogen-bond acceptors (Lipinski definition) is 2. The van der Waals surface area contributed by atoms with E-state index in [9.17, 15) is 10.1 Å². The minimum Gasteiger partial charge on any atom is -0.258 e. The molecule has 2 rings (SSSR count). The highest BCUT2D eigenvalue weighted by molar-refractivity contribution is 9.08. The summed E-state index contributed by atoms with van der Waals surface area (Å²) in [4.78, 5) is 10.6. The highest BCUT2D eigenvalue weighted by atomic mass is 79.9. The van der Waals surface area contributed by atoms with E-state index in [-0.39, 0.29) is 10.6 Å². The van der Waals surface area contributed by atoms with Gasteiger partial charge in [-0.15, -0.1) is 0 Å². The van der Waals surface area contributed by atoms with E-state index in [1.807, 2.05) is 36.4 Å². The molecule has 0 atom stereocenters. The summed E-state index contributed by atoms with van der Waals surface area (Å²) in [6, 6.07) is 14.8. The van der Waals surface area contributed by atoms with Crippen LogP contribution in [0.5, 0.6) is 0 Å². The largest absolute Gasteiger partial charge is 0.274 e. The van der Waals surface area contributed by atoms with Crippen molar-refractivity contribution in [2.24, 2.45) is 0 Å². The molecule has 3 nitrogen and oxygen atoms in total. The van der Waals surface area contributed by atoms with Crippen molar-refractivity contribution in [2.45, 2.75) is 5.33 Å². The molecule has 0 aliphatic rings. The smallest absolute Gasteiger partial charge is 0.258 e. The van der Waals surface area contributed by atoms with Crippen LogP contribution in [0.1, 0.15) is 5.56 Å². The fourth-order valence-corrected chi connectivity index (χ4v) is 2.36. The van der Waals surface area contributed by atoms with Crippen molar-refractivity contribution in [1.29, 1.82) is 0 Å². The first kappa shape index (κ1) is 11.8. The molecule has 0 spiro atoms. The Morgan fingerprint density at radius 2 is 1.76 bits per heavy atom. The first-order chi connectivity index (χ1) is 8.24. The van der Waals surface area contributed by atoms with Crippen molar-refractivity contribution in [3.8, 4) is 11.1 Å². The number of rotatable bonds is 3. The second kappa shape index (κ2) is 5.10. The molecule has 0 aliphatic carbocycles. The number of alkyl halides is 1. The molecule has 0 bridgehead atoms. The average molecular weight is 292 g/mol. The number of nitrogens with zero attached hydrogens (tertiary/aromatic N) is 1. The lowest BCUT2D eigenvalue weighted by atomic mass is 9.99. The summed E-state index contributed by atoms with van der Waals surface area (Å²) in [7, 11) is 0. The van der Waals surface area contributed by atoms with E-state index in [4.69, 9.17) is 0 Å². The van der Waals surface area contributed by atoms with Crippen LogP contribution in [0.3, 0.4) is 0 Å². The molecule has 2 aromatic rings. The summed E-state index contributed by atoms with van der Waals surface area (Å²) in [6.45, 7) is 0. The maximum Gasteiger partial charge on any atom is 0.274 e. The van der Waals surface area contributed by atoms with E-state index in [0.717, 1.165) is 11.1 Å². The molecule has 0 amide bonds. The van der Waals surface area contributed by atoms with Crippen LogP contribution in [-0.4, -0.2) is 4.92 Å². The Bertz CT molecular complexity index is 540. The van der Waals surface area contributed by atoms with E-state index in [2.05, 4.69) is 15.9 Å². The molecule has 86 valence electrons. The van der Waals surface area contributed by atoms with E-state index in [1.54, 1.807) is 6.07 Å². The molecule has 0 heterocycles. The predicted molar refractivity (Wildman–Crippen MR) is 71.2 cm³/mol. The van der Waals surface area contributed by atoms with Gasteiger partial charge in [-0.1, -0.05) is 58.4 Å². The van der Waals surface area contributed by atoms with Gasteiger partial charge in [-0.25, -0.2) is 0 Å². The fourth-order valence-electron chi connectivity index (χ4n) is 1.77. The number of nitro groups is 1. The topological polar surface area (TPSA) is 43.1 Å². The lowest BCUT2D eigenvalue weighted by Gasteiger charge is -2.07. The van der Waals surface area contributed by atoms with Gasteiger partial charge in [0.25, 0.3) is 5.69 Å². The maximum atomic E-state index is 10.9. The molecule has 0 fully saturated rings. The van der Waals surface area contributed by atoms with E-state index < -0.39 is 0 Å². The van der Waals surface area contributed by atoms with Gasteiger partial charge >= 0.3 is 0 Å². The summed E-state index contributed by atoms with van der Waals surface area (Å²) in [5.41, 5.74) is 2.76. The molecule has 0 N–H and O–H groups in total. The highest BCUT2D eigenvalue weighted by Gasteiger charge is 2.16. The number of hydrogen-bond donors (Lipinski definition) is 0. The Kier molecular flexibility index (Phi) is 3.54. The Morgan fingerprint density at radius 1 is 1.06 bits per heavy atom. The third-order valence-corrected chi connectivity index (χ3v) is 3.13. The zero-order valence-electron chi connectivity index (χ0n) is 8.97. The summed E-state index contributed by atoms with van der Waals surface area (Å²) in [5.74, 6) is 0. The third kappa shape index (κ3) is 2.36. The van der Waals surface area contributed by atoms with Gasteiger partial charge in [0.15, 0.2) is 0 Å². The van der Waals surface area contributed by atoms with Crippen LogP contribution in [0.25, 0.3) is 11.1 Å². The fraction of sp³-hybridized carbons (Fsp3) is 0.0769. The van der Waals surface area contributed by atoms with Crippen LogP contribution >= 0.6 is 15.9 Å². The van der Waals surface area contributed by atoms with E-state index in [1.165, 1.54) is 6.07 Å². The van der Waals surface area contributed by atoms with Gasteiger partial charge in [-0.05, 0) is 11.1 Å². The summed E-state index contributed by atoms with van der Waals surface area (Å²) < 4.78 is 0. The third-order valence-electron chi connectivity index (χ3n) is 2.57. The molecule has 0 saturated heterocycles. The standard InChI is InChI=1S/C13H10BrNO2/c14-9-12-11(10-5-2-1-3-6-10)7-4-8-13(12)15(16)17/h1-8H,9H2. The summed E-state index contributed by atoms with van der Waals surface area (Å²) >= 11 is 3.32. The van der Waals surface area contributed by atoms with Crippen molar-refractivity contribution >= 4 is 21.6 Å². The second-order valence-electron chi connectivity index (χ2n) is 3.56. The minimum atomic E-state index is -0.344. The van der Waals surface area contributed by atoms with Crippen LogP contribution in [-0.2, 0) is 5.33 Å². The molecular formula is C13H10BrNO2. The Labute approximate surface area is 107 Å². The number of nitro benzene ring substituents is 1. The second-order valence-corrected chi connectivity index (χ2v) is 4.12. The molecule has 4 heteroatoms. The zero-order valence-corrected chi connectivity index (χ0v) is 10.6. The summed E-state index contributed by atoms with van der Waals surface area (Å²) in [5, 5.41) is 11.4. The lowest BCUT2D eigenvalue weighted by molar-refractivity contribution is -0.385. The van der Waals surface area contributed by atoms with E-state index in [0.29, 0.717) is 10.9 Å². The van der Waals surface area contributed by atoms with E-state index >= 15 is 0 Å². The Morgan fingerprint density at radius 3 is 2.35 bits per heavy atom. The predicted octanol–water partition coefficient (Wildman–Crippen LogP) is 4.16. The zero-order chi connectivity index (χ0) is 12.3. The first-order valence-electron chi connectivity index (χ1n) is 5.11. The van der Waals surface area contributed by atoms with Gasteiger partial charge in [-0.2, -0.15) is 0 Å². The van der Waals surface area contributed by atoms with Gasteiger partial charge in [0, 0.05) is 17.0 Å². The highest BCUT2D eigenvalue weighted by Crippen LogP contribution is 2.31. The maximum absolute atomic E-state index is 10.9. The van der Waals surface area contributed by atoms with Crippen molar-refractivity contribution < 1.29 is 4.92 Å². The van der Waals surface area contributed by atoms with Crippen molar-refractivity contribution in [3.63, 3.8) is 0 Å². The monoisotopic (exact) mass is 291 g/mol. The lowest BCUT2D eigenvalue weighted by Crippen LogP contribution is -1.95. The van der Waals surface area contributed by atoms with Crippen LogP contribution in [0.2, 0.25) is 0 Å². The van der Waals surface area contributed by atoms with Crippen LogP contribution < -0.4 is 0 Å². The summed E-state index contributed by atoms with van der Waals surface area (Å²) in [6.07, 6.45) is 0. The minimum absolute atomic E-state index is 0.156. The van der Waals surface area contributed by atoms with Crippen LogP contribution in [0, 0.1) is 10.1 Å². The van der Waals surface area contributed by atoms with Crippen molar-refractivity contribution in [2.75, 3.05) is 0 Å². The van der Waals surface area contributed by atoms with Crippen molar-refractivity contribution in [1.82, 2.24) is 0 Å². The van der Waals surface area contributed by atoms with Gasteiger partial charge in [0.05, 0.1) is 4.92 Å². The molecule has 0 saturated carbocycles. The average Bonchev–Trinajstić information content (AvgIpc) is 2.38. The quantitative estimate of drug-likeness (QED) is 0.484. The van der Waals surface area contributed by atoms with Gasteiger partial charge in [0.2, 0.25) is 0 Å². The normalized spacial score (nSPS) is 10.2. The number of benzene rings is 2. The molecule has 2 aromatic carbocycles. The van der Waals surface area contributed by atoms with Crippen LogP contribution in [0.4, 0.5) is 5.69 Å². The molecule has 0 radical (unpaired) electrons.